The smallest absolute Gasteiger partial charge is 0.350 e. The lowest BCUT2D eigenvalue weighted by atomic mass is 10.0. The molecule has 1 aliphatic rings. The van der Waals surface area contributed by atoms with Crippen LogP contribution in [0.25, 0.3) is 0 Å². The number of carbonyl (C=O) groups excluding carboxylic acids is 2. The molecule has 1 aromatic carbocycles. The van der Waals surface area contributed by atoms with Gasteiger partial charge in [0.25, 0.3) is 5.91 Å². The number of piperidine rings is 1. The topological polar surface area (TPSA) is 98.0 Å². The van der Waals surface area contributed by atoms with E-state index >= 15 is 0 Å². The van der Waals surface area contributed by atoms with Gasteiger partial charge in [-0.2, -0.15) is 9.30 Å². The molecule has 0 radical (unpaired) electrons. The van der Waals surface area contributed by atoms with E-state index in [9.17, 15) is 18.0 Å². The second-order valence-electron chi connectivity index (χ2n) is 7.63. The summed E-state index contributed by atoms with van der Waals surface area (Å²) in [4.78, 5) is 29.7. The average molecular weight is 466 g/mol. The van der Waals surface area contributed by atoms with Gasteiger partial charge in [-0.1, -0.05) is 18.3 Å². The summed E-state index contributed by atoms with van der Waals surface area (Å²) >= 11 is 1.08. The minimum atomic E-state index is -3.58. The molecule has 0 N–H and O–H groups in total. The van der Waals surface area contributed by atoms with Crippen LogP contribution in [0.3, 0.4) is 0 Å². The van der Waals surface area contributed by atoms with E-state index in [1.165, 1.54) is 28.6 Å². The number of benzene rings is 1. The van der Waals surface area contributed by atoms with Crippen molar-refractivity contribution in [2.24, 2.45) is 18.0 Å². The van der Waals surface area contributed by atoms with Crippen LogP contribution in [-0.2, 0) is 21.8 Å². The van der Waals surface area contributed by atoms with Crippen LogP contribution in [0, 0.1) is 12.8 Å². The van der Waals surface area contributed by atoms with Crippen molar-refractivity contribution < 1.29 is 22.7 Å². The van der Waals surface area contributed by atoms with Crippen LogP contribution in [0.4, 0.5) is 0 Å². The summed E-state index contributed by atoms with van der Waals surface area (Å²) in [6.45, 7) is 6.81. The molecule has 0 unspecified atom stereocenters. The third kappa shape index (κ3) is 4.97. The minimum Gasteiger partial charge on any atom is -0.462 e. The van der Waals surface area contributed by atoms with Crippen LogP contribution in [0.1, 0.15) is 52.4 Å². The zero-order chi connectivity index (χ0) is 22.8. The molecule has 31 heavy (non-hydrogen) atoms. The standard InChI is InChI=1S/C21H27N3O5S2/c1-5-29-20(26)18-15(3)23(4)21(30-18)22-19(25)16-8-10-17(11-9-16)31(27,28)24-12-6-7-14(2)13-24/h8-11,14H,5-7,12-13H2,1-4H3/t14-/m1/s1. The van der Waals surface area contributed by atoms with Gasteiger partial charge in [0.2, 0.25) is 10.0 Å². The summed E-state index contributed by atoms with van der Waals surface area (Å²) in [6.07, 6.45) is 1.87. The fourth-order valence-electron chi connectivity index (χ4n) is 3.45. The third-order valence-electron chi connectivity index (χ3n) is 5.33. The quantitative estimate of drug-likeness (QED) is 0.633. The number of rotatable bonds is 5. The summed E-state index contributed by atoms with van der Waals surface area (Å²) in [5.74, 6) is -0.628. The highest BCUT2D eigenvalue weighted by atomic mass is 32.2. The Labute approximate surface area is 186 Å². The molecular formula is C21H27N3O5S2. The van der Waals surface area contributed by atoms with Gasteiger partial charge >= 0.3 is 5.97 Å². The Morgan fingerprint density at radius 1 is 1.26 bits per heavy atom. The van der Waals surface area contributed by atoms with Crippen molar-refractivity contribution in [2.45, 2.75) is 38.5 Å². The summed E-state index contributed by atoms with van der Waals surface area (Å²) in [5.41, 5.74) is 0.932. The maximum absolute atomic E-state index is 12.9. The molecule has 0 spiro atoms. The predicted molar refractivity (Wildman–Crippen MR) is 117 cm³/mol. The van der Waals surface area contributed by atoms with E-state index in [1.807, 2.05) is 6.92 Å². The highest BCUT2D eigenvalue weighted by Crippen LogP contribution is 2.23. The summed E-state index contributed by atoms with van der Waals surface area (Å²) < 4.78 is 34.0. The van der Waals surface area contributed by atoms with Gasteiger partial charge in [-0.25, -0.2) is 13.2 Å². The number of sulfonamides is 1. The second kappa shape index (κ2) is 9.46. The normalized spacial score (nSPS) is 18.2. The number of carbonyl (C=O) groups is 2. The minimum absolute atomic E-state index is 0.167. The first-order chi connectivity index (χ1) is 14.6. The van der Waals surface area contributed by atoms with Gasteiger partial charge < -0.3 is 9.30 Å². The summed E-state index contributed by atoms with van der Waals surface area (Å²) in [7, 11) is -1.86. The van der Waals surface area contributed by atoms with Crippen LogP contribution >= 0.6 is 11.3 Å². The molecule has 3 rings (SSSR count). The van der Waals surface area contributed by atoms with Crippen LogP contribution < -0.4 is 4.80 Å². The Hall–Kier alpha value is -2.30. The Kier molecular flexibility index (Phi) is 7.13. The maximum atomic E-state index is 12.9. The molecule has 168 valence electrons. The molecule has 2 heterocycles. The van der Waals surface area contributed by atoms with E-state index in [4.69, 9.17) is 4.74 Å². The van der Waals surface area contributed by atoms with Crippen LogP contribution in [0.2, 0.25) is 0 Å². The number of aromatic nitrogens is 1. The van der Waals surface area contributed by atoms with Crippen molar-refractivity contribution in [3.63, 3.8) is 0 Å². The number of hydrogen-bond donors (Lipinski definition) is 0. The molecule has 1 aromatic heterocycles. The number of amides is 1. The van der Waals surface area contributed by atoms with Crippen LogP contribution in [0.5, 0.6) is 0 Å². The first-order valence-electron chi connectivity index (χ1n) is 10.2. The lowest BCUT2D eigenvalue weighted by Gasteiger charge is -2.30. The van der Waals surface area contributed by atoms with Crippen LogP contribution in [-0.4, -0.2) is 48.9 Å². The molecule has 0 bridgehead atoms. The van der Waals surface area contributed by atoms with Crippen molar-refractivity contribution in [1.82, 2.24) is 8.87 Å². The van der Waals surface area contributed by atoms with E-state index in [0.29, 0.717) is 34.4 Å². The number of thiazole rings is 1. The van der Waals surface area contributed by atoms with E-state index in [-0.39, 0.29) is 17.1 Å². The maximum Gasteiger partial charge on any atom is 0.350 e. The van der Waals surface area contributed by atoms with Crippen molar-refractivity contribution >= 4 is 33.2 Å². The van der Waals surface area contributed by atoms with E-state index in [0.717, 1.165) is 24.2 Å². The van der Waals surface area contributed by atoms with Gasteiger partial charge in [0.1, 0.15) is 4.88 Å². The monoisotopic (exact) mass is 465 g/mol. The van der Waals surface area contributed by atoms with E-state index in [1.54, 1.807) is 25.5 Å². The van der Waals surface area contributed by atoms with Gasteiger partial charge in [0.05, 0.1) is 11.5 Å². The summed E-state index contributed by atoms with van der Waals surface area (Å²) in [6, 6.07) is 5.83. The van der Waals surface area contributed by atoms with Gasteiger partial charge in [-0.3, -0.25) is 4.79 Å². The first-order valence-corrected chi connectivity index (χ1v) is 12.4. The molecule has 0 aliphatic carbocycles. The lowest BCUT2D eigenvalue weighted by molar-refractivity contribution is 0.0530. The van der Waals surface area contributed by atoms with Crippen molar-refractivity contribution in [3.8, 4) is 0 Å². The van der Waals surface area contributed by atoms with Gasteiger partial charge in [-0.15, -0.1) is 0 Å². The molecule has 1 amide bonds. The van der Waals surface area contributed by atoms with Crippen molar-refractivity contribution in [2.75, 3.05) is 19.7 Å². The number of nitrogens with zero attached hydrogens (tertiary/aromatic N) is 3. The predicted octanol–water partition coefficient (Wildman–Crippen LogP) is 2.73. The highest BCUT2D eigenvalue weighted by Gasteiger charge is 2.28. The molecular weight excluding hydrogens is 438 g/mol. The number of hydrogen-bond acceptors (Lipinski definition) is 6. The Morgan fingerprint density at radius 2 is 1.94 bits per heavy atom. The Bertz CT molecular complexity index is 1150. The number of esters is 1. The van der Waals surface area contributed by atoms with E-state index < -0.39 is 21.9 Å². The molecule has 8 nitrogen and oxygen atoms in total. The fraction of sp³-hybridized carbons (Fsp3) is 0.476. The molecule has 10 heteroatoms. The Balaban J connectivity index is 1.84. The zero-order valence-electron chi connectivity index (χ0n) is 18.1. The number of ether oxygens (including phenoxy) is 1. The second-order valence-corrected chi connectivity index (χ2v) is 10.5. The zero-order valence-corrected chi connectivity index (χ0v) is 19.8. The lowest BCUT2D eigenvalue weighted by Crippen LogP contribution is -2.39. The fourth-order valence-corrected chi connectivity index (χ4v) is 6.06. The van der Waals surface area contributed by atoms with Crippen molar-refractivity contribution in [3.05, 3.63) is 45.2 Å². The van der Waals surface area contributed by atoms with Gasteiger partial charge in [0.15, 0.2) is 4.80 Å². The molecule has 1 fully saturated rings. The van der Waals surface area contributed by atoms with Crippen molar-refractivity contribution in [1.29, 1.82) is 0 Å². The molecule has 0 saturated carbocycles. The highest BCUT2D eigenvalue weighted by molar-refractivity contribution is 7.89. The van der Waals surface area contributed by atoms with Gasteiger partial charge in [0, 0.05) is 31.4 Å². The third-order valence-corrected chi connectivity index (χ3v) is 8.42. The Morgan fingerprint density at radius 3 is 2.55 bits per heavy atom. The molecule has 1 saturated heterocycles. The molecule has 1 aliphatic heterocycles. The van der Waals surface area contributed by atoms with E-state index in [2.05, 4.69) is 4.99 Å². The van der Waals surface area contributed by atoms with Crippen LogP contribution in [0.15, 0.2) is 34.2 Å². The molecule has 2 aromatic rings. The first kappa shape index (κ1) is 23.4. The largest absolute Gasteiger partial charge is 0.462 e. The summed E-state index contributed by atoms with van der Waals surface area (Å²) in [5, 5.41) is 0. The molecule has 1 atom stereocenters. The SMILES string of the molecule is CCOC(=O)c1sc(=NC(=O)c2ccc(S(=O)(=O)N3CCC[C@@H](C)C3)cc2)n(C)c1C. The van der Waals surface area contributed by atoms with Gasteiger partial charge in [-0.05, 0) is 56.9 Å². The average Bonchev–Trinajstić information content (AvgIpc) is 3.02.